The second kappa shape index (κ2) is 1.96. The molecule has 2 N–H and O–H groups in total. The van der Waals surface area contributed by atoms with E-state index >= 15 is 0 Å². The van der Waals surface area contributed by atoms with Gasteiger partial charge in [-0.2, -0.15) is 0 Å². The van der Waals surface area contributed by atoms with Gasteiger partial charge in [-0.25, -0.2) is 0 Å². The van der Waals surface area contributed by atoms with E-state index in [1.165, 1.54) is 38.9 Å². The third kappa shape index (κ3) is 1.10. The fourth-order valence-corrected chi connectivity index (χ4v) is 1.56. The van der Waals surface area contributed by atoms with Gasteiger partial charge in [-0.3, -0.25) is 0 Å². The summed E-state index contributed by atoms with van der Waals surface area (Å²) < 4.78 is 0. The van der Waals surface area contributed by atoms with Gasteiger partial charge < -0.3 is 10.6 Å². The van der Waals surface area contributed by atoms with Crippen LogP contribution in [0.15, 0.2) is 0 Å². The predicted molar refractivity (Wildman–Crippen MR) is 37.5 cm³/mol. The summed E-state index contributed by atoms with van der Waals surface area (Å²) in [6.07, 6.45) is 4.16. The van der Waals surface area contributed by atoms with Gasteiger partial charge in [-0.1, -0.05) is 6.42 Å². The topological polar surface area (TPSA) is 34.0 Å². The minimum absolute atomic E-state index is 0.552. The number of rotatable bonds is 0. The third-order valence-corrected chi connectivity index (χ3v) is 2.40. The summed E-state index contributed by atoms with van der Waals surface area (Å²) >= 11 is 0. The van der Waals surface area contributed by atoms with Gasteiger partial charge in [0.05, 0.1) is 0 Å². The molecule has 0 radical (unpaired) electrons. The Morgan fingerprint density at radius 3 is 2.78 bits per heavy atom. The smallest absolute Gasteiger partial charge is 0.0433 e. The molecule has 0 aromatic carbocycles. The standard InChI is InChI=1S/C7H14N2/c1-2-4-8-5-7(3-1)6-9-7/h8-9H,1-6H2. The van der Waals surface area contributed by atoms with Crippen LogP contribution in [0.25, 0.3) is 0 Å². The monoisotopic (exact) mass is 126 g/mol. The van der Waals surface area contributed by atoms with Gasteiger partial charge >= 0.3 is 0 Å². The van der Waals surface area contributed by atoms with Crippen LogP contribution < -0.4 is 10.6 Å². The highest BCUT2D eigenvalue weighted by Crippen LogP contribution is 2.24. The van der Waals surface area contributed by atoms with E-state index in [2.05, 4.69) is 10.6 Å². The second-order valence-electron chi connectivity index (χ2n) is 3.27. The molecule has 2 aliphatic heterocycles. The molecule has 0 aromatic rings. The molecular weight excluding hydrogens is 112 g/mol. The Hall–Kier alpha value is -0.0800. The van der Waals surface area contributed by atoms with Crippen LogP contribution >= 0.6 is 0 Å². The van der Waals surface area contributed by atoms with Crippen LogP contribution in [-0.2, 0) is 0 Å². The van der Waals surface area contributed by atoms with E-state index in [1.54, 1.807) is 0 Å². The lowest BCUT2D eigenvalue weighted by molar-refractivity contribution is 0.560. The molecule has 1 atom stereocenters. The molecule has 0 aliphatic carbocycles. The van der Waals surface area contributed by atoms with E-state index in [-0.39, 0.29) is 0 Å². The van der Waals surface area contributed by atoms with Crippen molar-refractivity contribution < 1.29 is 0 Å². The van der Waals surface area contributed by atoms with Crippen molar-refractivity contribution >= 4 is 0 Å². The summed E-state index contributed by atoms with van der Waals surface area (Å²) in [7, 11) is 0. The molecule has 0 bridgehead atoms. The maximum absolute atomic E-state index is 3.44. The van der Waals surface area contributed by atoms with Crippen molar-refractivity contribution in [2.75, 3.05) is 19.6 Å². The van der Waals surface area contributed by atoms with Crippen molar-refractivity contribution in [2.45, 2.75) is 24.8 Å². The molecule has 2 aliphatic rings. The Morgan fingerprint density at radius 2 is 2.00 bits per heavy atom. The molecule has 9 heavy (non-hydrogen) atoms. The molecule has 1 spiro atoms. The van der Waals surface area contributed by atoms with Crippen LogP contribution in [0.5, 0.6) is 0 Å². The third-order valence-electron chi connectivity index (χ3n) is 2.40. The van der Waals surface area contributed by atoms with Crippen molar-refractivity contribution in [1.29, 1.82) is 0 Å². The first-order valence-corrected chi connectivity index (χ1v) is 3.87. The van der Waals surface area contributed by atoms with Crippen molar-refractivity contribution in [3.63, 3.8) is 0 Å². The summed E-state index contributed by atoms with van der Waals surface area (Å²) in [5.41, 5.74) is 0.552. The van der Waals surface area contributed by atoms with E-state index in [1.807, 2.05) is 0 Å². The average molecular weight is 126 g/mol. The van der Waals surface area contributed by atoms with Gasteiger partial charge in [0.25, 0.3) is 0 Å². The SMILES string of the molecule is C1CCC2(CNC1)CN2. The maximum atomic E-state index is 3.44. The van der Waals surface area contributed by atoms with Crippen LogP contribution in [0.1, 0.15) is 19.3 Å². The number of hydrogen-bond acceptors (Lipinski definition) is 2. The Kier molecular flexibility index (Phi) is 1.24. The summed E-state index contributed by atoms with van der Waals surface area (Å²) in [4.78, 5) is 0. The average Bonchev–Trinajstić information content (AvgIpc) is 2.64. The van der Waals surface area contributed by atoms with Gasteiger partial charge in [0, 0.05) is 18.6 Å². The fraction of sp³-hybridized carbons (Fsp3) is 1.00. The van der Waals surface area contributed by atoms with Crippen LogP contribution in [-0.4, -0.2) is 25.2 Å². The van der Waals surface area contributed by atoms with E-state index in [0.29, 0.717) is 5.54 Å². The molecule has 0 saturated carbocycles. The highest BCUT2D eigenvalue weighted by molar-refractivity contribution is 5.05. The molecule has 2 rings (SSSR count). The van der Waals surface area contributed by atoms with Crippen LogP contribution in [0.4, 0.5) is 0 Å². The summed E-state index contributed by atoms with van der Waals surface area (Å²) in [6, 6.07) is 0. The molecule has 2 saturated heterocycles. The fourth-order valence-electron chi connectivity index (χ4n) is 1.56. The highest BCUT2D eigenvalue weighted by atomic mass is 15.2. The molecular formula is C7H14N2. The first-order chi connectivity index (χ1) is 4.41. The van der Waals surface area contributed by atoms with Gasteiger partial charge in [0.1, 0.15) is 0 Å². The first-order valence-electron chi connectivity index (χ1n) is 3.87. The molecule has 2 nitrogen and oxygen atoms in total. The number of nitrogens with one attached hydrogen (secondary N) is 2. The minimum Gasteiger partial charge on any atom is -0.315 e. The lowest BCUT2D eigenvalue weighted by Crippen LogP contribution is -2.29. The zero-order valence-electron chi connectivity index (χ0n) is 5.74. The summed E-state index contributed by atoms with van der Waals surface area (Å²) in [5, 5.41) is 6.86. The van der Waals surface area contributed by atoms with Gasteiger partial charge in [0.2, 0.25) is 0 Å². The Bertz CT molecular complexity index is 97.5. The quantitative estimate of drug-likeness (QED) is 0.451. The van der Waals surface area contributed by atoms with Crippen molar-refractivity contribution in [1.82, 2.24) is 10.6 Å². The second-order valence-corrected chi connectivity index (χ2v) is 3.27. The number of hydrogen-bond donors (Lipinski definition) is 2. The minimum atomic E-state index is 0.552. The van der Waals surface area contributed by atoms with E-state index in [0.717, 1.165) is 0 Å². The molecule has 1 unspecified atom stereocenters. The Morgan fingerprint density at radius 1 is 1.11 bits per heavy atom. The van der Waals surface area contributed by atoms with Crippen molar-refractivity contribution in [2.24, 2.45) is 0 Å². The Balaban J connectivity index is 1.92. The lowest BCUT2D eigenvalue weighted by Gasteiger charge is -2.07. The van der Waals surface area contributed by atoms with E-state index in [4.69, 9.17) is 0 Å². The zero-order chi connectivity index (χ0) is 6.16. The van der Waals surface area contributed by atoms with Crippen LogP contribution in [0.2, 0.25) is 0 Å². The van der Waals surface area contributed by atoms with Crippen LogP contribution in [0, 0.1) is 0 Å². The summed E-state index contributed by atoms with van der Waals surface area (Å²) in [6.45, 7) is 3.68. The first kappa shape index (κ1) is 5.69. The molecule has 2 heterocycles. The van der Waals surface area contributed by atoms with Crippen molar-refractivity contribution in [3.05, 3.63) is 0 Å². The zero-order valence-corrected chi connectivity index (χ0v) is 5.74. The van der Waals surface area contributed by atoms with Gasteiger partial charge in [0.15, 0.2) is 0 Å². The maximum Gasteiger partial charge on any atom is 0.0433 e. The van der Waals surface area contributed by atoms with Gasteiger partial charge in [-0.15, -0.1) is 0 Å². The Labute approximate surface area is 56.0 Å². The molecule has 0 amide bonds. The lowest BCUT2D eigenvalue weighted by atomic mass is 10.0. The van der Waals surface area contributed by atoms with Gasteiger partial charge in [-0.05, 0) is 19.4 Å². The molecule has 52 valence electrons. The largest absolute Gasteiger partial charge is 0.315 e. The summed E-state index contributed by atoms with van der Waals surface area (Å²) in [5.74, 6) is 0. The molecule has 2 fully saturated rings. The molecule has 0 aromatic heterocycles. The normalized spacial score (nSPS) is 42.7. The highest BCUT2D eigenvalue weighted by Gasteiger charge is 2.41. The van der Waals surface area contributed by atoms with Crippen LogP contribution in [0.3, 0.4) is 0 Å². The predicted octanol–water partition coefficient (Wildman–Crippen LogP) is 0.102. The van der Waals surface area contributed by atoms with E-state index in [9.17, 15) is 0 Å². The van der Waals surface area contributed by atoms with E-state index < -0.39 is 0 Å². The van der Waals surface area contributed by atoms with Crippen molar-refractivity contribution in [3.8, 4) is 0 Å². The molecule has 2 heteroatoms.